The zero-order valence-electron chi connectivity index (χ0n) is 10.7. The van der Waals surface area contributed by atoms with Gasteiger partial charge < -0.3 is 15.3 Å². The first-order valence-corrected chi connectivity index (χ1v) is 6.62. The summed E-state index contributed by atoms with van der Waals surface area (Å²) in [4.78, 5) is 6.48. The highest BCUT2D eigenvalue weighted by atomic mass is 16.3. The lowest BCUT2D eigenvalue weighted by molar-refractivity contribution is 0.300. The Morgan fingerprint density at radius 2 is 2.47 bits per heavy atom. The van der Waals surface area contributed by atoms with E-state index in [4.69, 9.17) is 0 Å². The molecule has 1 saturated heterocycles. The van der Waals surface area contributed by atoms with Gasteiger partial charge in [-0.25, -0.2) is 4.98 Å². The Hall–Kier alpha value is -1.73. The van der Waals surface area contributed by atoms with E-state index in [9.17, 15) is 5.11 Å². The highest BCUT2D eigenvalue weighted by Crippen LogP contribution is 2.18. The van der Waals surface area contributed by atoms with E-state index in [0.717, 1.165) is 31.0 Å². The molecule has 102 valence electrons. The second-order valence-corrected chi connectivity index (χ2v) is 4.78. The fraction of sp³-hybridized carbons (Fsp3) is 0.583. The van der Waals surface area contributed by atoms with Gasteiger partial charge in [-0.3, -0.25) is 4.40 Å². The Morgan fingerprint density at radius 3 is 3.26 bits per heavy atom. The van der Waals surface area contributed by atoms with Gasteiger partial charge in [0.15, 0.2) is 5.82 Å². The van der Waals surface area contributed by atoms with Crippen molar-refractivity contribution in [3.8, 4) is 0 Å². The summed E-state index contributed by atoms with van der Waals surface area (Å²) in [6, 6.07) is 0.455. The van der Waals surface area contributed by atoms with Gasteiger partial charge in [0, 0.05) is 31.5 Å². The summed E-state index contributed by atoms with van der Waals surface area (Å²) in [5.74, 6) is 0.780. The first kappa shape index (κ1) is 12.3. The molecule has 0 spiro atoms. The van der Waals surface area contributed by atoms with Gasteiger partial charge in [-0.15, -0.1) is 10.2 Å². The van der Waals surface area contributed by atoms with E-state index in [1.54, 1.807) is 12.5 Å². The number of aliphatic hydroxyl groups excluding tert-OH is 1. The normalized spacial score (nSPS) is 19.1. The molecule has 1 aliphatic heterocycles. The van der Waals surface area contributed by atoms with Gasteiger partial charge in [-0.1, -0.05) is 0 Å². The molecule has 0 saturated carbocycles. The van der Waals surface area contributed by atoms with Crippen LogP contribution in [0.15, 0.2) is 18.7 Å². The zero-order valence-corrected chi connectivity index (χ0v) is 10.7. The number of hydrogen-bond acceptors (Lipinski definition) is 6. The SMILES string of the molecule is OCCN(CC1CCCN1)c1nccn2cnnc12. The van der Waals surface area contributed by atoms with Crippen LogP contribution in [-0.4, -0.2) is 57.0 Å². The van der Waals surface area contributed by atoms with Crippen molar-refractivity contribution in [2.75, 3.05) is 31.1 Å². The van der Waals surface area contributed by atoms with Gasteiger partial charge in [0.25, 0.3) is 0 Å². The third kappa shape index (κ3) is 2.52. The molecule has 0 bridgehead atoms. The summed E-state index contributed by atoms with van der Waals surface area (Å²) < 4.78 is 1.84. The summed E-state index contributed by atoms with van der Waals surface area (Å²) in [7, 11) is 0. The molecule has 19 heavy (non-hydrogen) atoms. The van der Waals surface area contributed by atoms with Gasteiger partial charge >= 0.3 is 0 Å². The van der Waals surface area contributed by atoms with Crippen LogP contribution in [0.4, 0.5) is 5.82 Å². The topological polar surface area (TPSA) is 78.6 Å². The van der Waals surface area contributed by atoms with Gasteiger partial charge in [0.05, 0.1) is 6.61 Å². The van der Waals surface area contributed by atoms with Crippen LogP contribution in [0.25, 0.3) is 5.65 Å². The Bertz CT molecular complexity index is 536. The van der Waals surface area contributed by atoms with Crippen LogP contribution in [-0.2, 0) is 0 Å². The first-order valence-electron chi connectivity index (χ1n) is 6.62. The summed E-state index contributed by atoms with van der Waals surface area (Å²) in [6.07, 6.45) is 7.59. The largest absolute Gasteiger partial charge is 0.395 e. The molecule has 2 aromatic heterocycles. The monoisotopic (exact) mass is 262 g/mol. The van der Waals surface area contributed by atoms with Crippen molar-refractivity contribution < 1.29 is 5.11 Å². The van der Waals surface area contributed by atoms with Crippen LogP contribution < -0.4 is 10.2 Å². The van der Waals surface area contributed by atoms with Gasteiger partial charge in [0.1, 0.15) is 6.33 Å². The third-order valence-electron chi connectivity index (χ3n) is 3.47. The number of nitrogens with zero attached hydrogens (tertiary/aromatic N) is 5. The molecule has 0 aromatic carbocycles. The quantitative estimate of drug-likeness (QED) is 0.768. The predicted octanol–water partition coefficient (Wildman–Crippen LogP) is -0.325. The molecule has 1 aliphatic rings. The van der Waals surface area contributed by atoms with Crippen molar-refractivity contribution in [1.82, 2.24) is 24.9 Å². The second kappa shape index (κ2) is 5.50. The van der Waals surface area contributed by atoms with E-state index >= 15 is 0 Å². The number of anilines is 1. The summed E-state index contributed by atoms with van der Waals surface area (Å²) in [5.41, 5.74) is 0.731. The van der Waals surface area contributed by atoms with Crippen molar-refractivity contribution >= 4 is 11.5 Å². The highest BCUT2D eigenvalue weighted by molar-refractivity contribution is 5.63. The molecule has 2 N–H and O–H groups in total. The summed E-state index contributed by atoms with van der Waals surface area (Å²) >= 11 is 0. The maximum atomic E-state index is 9.26. The molecule has 1 unspecified atom stereocenters. The van der Waals surface area contributed by atoms with Crippen LogP contribution in [0.3, 0.4) is 0 Å². The second-order valence-electron chi connectivity index (χ2n) is 4.78. The molecule has 7 nitrogen and oxygen atoms in total. The van der Waals surface area contributed by atoms with Crippen molar-refractivity contribution in [1.29, 1.82) is 0 Å². The lowest BCUT2D eigenvalue weighted by atomic mass is 10.2. The van der Waals surface area contributed by atoms with Crippen molar-refractivity contribution in [2.45, 2.75) is 18.9 Å². The van der Waals surface area contributed by atoms with Crippen LogP contribution in [0.1, 0.15) is 12.8 Å². The Morgan fingerprint density at radius 1 is 1.53 bits per heavy atom. The van der Waals surface area contributed by atoms with Crippen molar-refractivity contribution in [2.24, 2.45) is 0 Å². The van der Waals surface area contributed by atoms with E-state index in [1.165, 1.54) is 6.42 Å². The number of aromatic nitrogens is 4. The van der Waals surface area contributed by atoms with E-state index in [0.29, 0.717) is 12.6 Å². The minimum atomic E-state index is 0.101. The third-order valence-corrected chi connectivity index (χ3v) is 3.47. The first-order chi connectivity index (χ1) is 9.38. The highest BCUT2D eigenvalue weighted by Gasteiger charge is 2.20. The van der Waals surface area contributed by atoms with E-state index in [2.05, 4.69) is 25.4 Å². The average molecular weight is 262 g/mol. The van der Waals surface area contributed by atoms with Crippen LogP contribution in [0.5, 0.6) is 0 Å². The number of rotatable bonds is 5. The standard InChI is InChI=1S/C12H18N6O/c19-7-6-17(8-10-2-1-3-13-10)11-12-16-15-9-18(12)5-4-14-11/h4-5,9-10,13,19H,1-3,6-8H2. The lowest BCUT2D eigenvalue weighted by Gasteiger charge is -2.26. The fourth-order valence-electron chi connectivity index (χ4n) is 2.55. The fourth-order valence-corrected chi connectivity index (χ4v) is 2.55. The Balaban J connectivity index is 1.87. The number of aliphatic hydroxyl groups is 1. The minimum Gasteiger partial charge on any atom is -0.395 e. The maximum Gasteiger partial charge on any atom is 0.203 e. The van der Waals surface area contributed by atoms with E-state index < -0.39 is 0 Å². The van der Waals surface area contributed by atoms with Crippen molar-refractivity contribution in [3.05, 3.63) is 18.7 Å². The summed E-state index contributed by atoms with van der Waals surface area (Å²) in [5, 5.41) is 20.7. The number of fused-ring (bicyclic) bond motifs is 1. The summed E-state index contributed by atoms with van der Waals surface area (Å²) in [6.45, 7) is 2.56. The smallest absolute Gasteiger partial charge is 0.203 e. The molecule has 0 amide bonds. The lowest BCUT2D eigenvalue weighted by Crippen LogP contribution is -2.39. The van der Waals surface area contributed by atoms with Gasteiger partial charge in [-0.2, -0.15) is 0 Å². The Labute approximate surface area is 111 Å². The van der Waals surface area contributed by atoms with Crippen LogP contribution in [0, 0.1) is 0 Å². The molecule has 0 aliphatic carbocycles. The maximum absolute atomic E-state index is 9.26. The molecular weight excluding hydrogens is 244 g/mol. The Kier molecular flexibility index (Phi) is 3.56. The molecule has 1 atom stereocenters. The van der Waals surface area contributed by atoms with Crippen LogP contribution in [0.2, 0.25) is 0 Å². The molecule has 3 rings (SSSR count). The van der Waals surface area contributed by atoms with Crippen molar-refractivity contribution in [3.63, 3.8) is 0 Å². The zero-order chi connectivity index (χ0) is 13.1. The van der Waals surface area contributed by atoms with Gasteiger partial charge in [-0.05, 0) is 19.4 Å². The van der Waals surface area contributed by atoms with E-state index in [-0.39, 0.29) is 6.61 Å². The number of hydrogen-bond donors (Lipinski definition) is 2. The predicted molar refractivity (Wildman–Crippen MR) is 71.1 cm³/mol. The molecule has 2 aromatic rings. The number of nitrogens with one attached hydrogen (secondary N) is 1. The molecule has 1 fully saturated rings. The minimum absolute atomic E-state index is 0.101. The van der Waals surface area contributed by atoms with Crippen LogP contribution >= 0.6 is 0 Å². The molecule has 0 radical (unpaired) electrons. The molecule has 7 heteroatoms. The van der Waals surface area contributed by atoms with Gasteiger partial charge in [0.2, 0.25) is 5.65 Å². The van der Waals surface area contributed by atoms with E-state index in [1.807, 2.05) is 10.6 Å². The molecule has 3 heterocycles. The molecular formula is C12H18N6O. The average Bonchev–Trinajstić information content (AvgIpc) is 3.08.